The lowest BCUT2D eigenvalue weighted by molar-refractivity contribution is 0.473. The molecule has 0 saturated carbocycles. The maximum Gasteiger partial charge on any atom is 0.133 e. The Morgan fingerprint density at radius 3 is 2.35 bits per heavy atom. The van der Waals surface area contributed by atoms with E-state index in [4.69, 9.17) is 5.26 Å². The van der Waals surface area contributed by atoms with E-state index in [0.717, 1.165) is 5.69 Å². The molecule has 0 amide bonds. The fourth-order valence-electron chi connectivity index (χ4n) is 1.29. The fraction of sp³-hybridized carbons (Fsp3) is 0. The first-order valence-corrected chi connectivity index (χ1v) is 4.99. The third-order valence-electron chi connectivity index (χ3n) is 2.14. The highest BCUT2D eigenvalue weighted by Crippen LogP contribution is 2.24. The van der Waals surface area contributed by atoms with Gasteiger partial charge in [0.1, 0.15) is 11.8 Å². The smallest absolute Gasteiger partial charge is 0.133 e. The van der Waals surface area contributed by atoms with Gasteiger partial charge in [0.15, 0.2) is 0 Å². The third-order valence-corrected chi connectivity index (χ3v) is 2.14. The summed E-state index contributed by atoms with van der Waals surface area (Å²) >= 11 is 0. The first-order valence-electron chi connectivity index (χ1n) is 4.99. The summed E-state index contributed by atoms with van der Waals surface area (Å²) in [5.41, 5.74) is 1.46. The van der Waals surface area contributed by atoms with Crippen LogP contribution in [0.4, 0.5) is 11.4 Å². The second kappa shape index (κ2) is 4.90. The Balaban J connectivity index is 2.26. The average molecular weight is 223 g/mol. The van der Waals surface area contributed by atoms with E-state index in [1.165, 1.54) is 12.1 Å². The van der Waals surface area contributed by atoms with E-state index in [2.05, 4.69) is 10.2 Å². The molecule has 2 aromatic rings. The van der Waals surface area contributed by atoms with Gasteiger partial charge in [-0.05, 0) is 30.3 Å². The SMILES string of the molecule is N#Cc1cc(N=Nc2ccccc2)ccc1O. The van der Waals surface area contributed by atoms with Crippen molar-refractivity contribution < 1.29 is 5.11 Å². The van der Waals surface area contributed by atoms with Crippen LogP contribution in [0.15, 0.2) is 58.8 Å². The molecule has 0 spiro atoms. The standard InChI is InChI=1S/C13H9N3O/c14-9-10-8-12(6-7-13(10)17)16-15-11-4-2-1-3-5-11/h1-8,17H. The summed E-state index contributed by atoms with van der Waals surface area (Å²) in [6, 6.07) is 15.7. The molecule has 0 fully saturated rings. The van der Waals surface area contributed by atoms with Gasteiger partial charge >= 0.3 is 0 Å². The van der Waals surface area contributed by atoms with Gasteiger partial charge in [0.25, 0.3) is 0 Å². The van der Waals surface area contributed by atoms with Crippen LogP contribution in [0.1, 0.15) is 5.56 Å². The van der Waals surface area contributed by atoms with Crippen molar-refractivity contribution in [1.29, 1.82) is 5.26 Å². The largest absolute Gasteiger partial charge is 0.507 e. The monoisotopic (exact) mass is 223 g/mol. The van der Waals surface area contributed by atoms with Crippen molar-refractivity contribution in [2.24, 2.45) is 10.2 Å². The van der Waals surface area contributed by atoms with E-state index < -0.39 is 0 Å². The number of hydrogen-bond acceptors (Lipinski definition) is 4. The molecule has 4 heteroatoms. The van der Waals surface area contributed by atoms with Crippen molar-refractivity contribution in [3.05, 3.63) is 54.1 Å². The molecule has 0 aromatic heterocycles. The Morgan fingerprint density at radius 1 is 0.941 bits per heavy atom. The highest BCUT2D eigenvalue weighted by Gasteiger charge is 2.00. The van der Waals surface area contributed by atoms with Gasteiger partial charge in [-0.25, -0.2) is 0 Å². The maximum absolute atomic E-state index is 9.33. The molecule has 2 rings (SSSR count). The third kappa shape index (κ3) is 2.67. The predicted molar refractivity (Wildman–Crippen MR) is 63.4 cm³/mol. The highest BCUT2D eigenvalue weighted by atomic mass is 16.3. The van der Waals surface area contributed by atoms with Crippen LogP contribution >= 0.6 is 0 Å². The number of hydrogen-bond donors (Lipinski definition) is 1. The highest BCUT2D eigenvalue weighted by molar-refractivity contribution is 5.52. The maximum atomic E-state index is 9.33. The number of rotatable bonds is 2. The van der Waals surface area contributed by atoms with Crippen LogP contribution in [0.5, 0.6) is 5.75 Å². The molecule has 0 aliphatic heterocycles. The molecule has 17 heavy (non-hydrogen) atoms. The van der Waals surface area contributed by atoms with E-state index in [-0.39, 0.29) is 11.3 Å². The lowest BCUT2D eigenvalue weighted by atomic mass is 10.2. The van der Waals surface area contributed by atoms with Crippen molar-refractivity contribution in [3.63, 3.8) is 0 Å². The number of benzene rings is 2. The van der Waals surface area contributed by atoms with Crippen molar-refractivity contribution in [2.75, 3.05) is 0 Å². The molecule has 0 saturated heterocycles. The summed E-state index contributed by atoms with van der Waals surface area (Å²) < 4.78 is 0. The van der Waals surface area contributed by atoms with Crippen LogP contribution < -0.4 is 0 Å². The zero-order chi connectivity index (χ0) is 12.1. The Hall–Kier alpha value is -2.67. The quantitative estimate of drug-likeness (QED) is 0.789. The van der Waals surface area contributed by atoms with Gasteiger partial charge in [-0.1, -0.05) is 18.2 Å². The van der Waals surface area contributed by atoms with Gasteiger partial charge in [-0.2, -0.15) is 15.5 Å². The van der Waals surface area contributed by atoms with Crippen molar-refractivity contribution in [2.45, 2.75) is 0 Å². The Kier molecular flexibility index (Phi) is 3.13. The van der Waals surface area contributed by atoms with E-state index in [9.17, 15) is 5.11 Å². The summed E-state index contributed by atoms with van der Waals surface area (Å²) in [4.78, 5) is 0. The van der Waals surface area contributed by atoms with Gasteiger partial charge in [0.2, 0.25) is 0 Å². The van der Waals surface area contributed by atoms with Crippen molar-refractivity contribution in [3.8, 4) is 11.8 Å². The number of azo groups is 1. The first kappa shape index (κ1) is 10.8. The molecular formula is C13H9N3O. The van der Waals surface area contributed by atoms with Crippen LogP contribution in [-0.2, 0) is 0 Å². The molecule has 0 aliphatic rings. The second-order valence-corrected chi connectivity index (χ2v) is 3.35. The van der Waals surface area contributed by atoms with E-state index in [1.54, 1.807) is 6.07 Å². The minimum atomic E-state index is -0.0499. The lowest BCUT2D eigenvalue weighted by Crippen LogP contribution is -1.74. The molecule has 0 radical (unpaired) electrons. The molecule has 1 N–H and O–H groups in total. The summed E-state index contributed by atoms with van der Waals surface area (Å²) in [6.45, 7) is 0. The summed E-state index contributed by atoms with van der Waals surface area (Å²) in [7, 11) is 0. The molecule has 0 unspecified atom stereocenters. The molecule has 0 aliphatic carbocycles. The van der Waals surface area contributed by atoms with E-state index in [1.807, 2.05) is 36.4 Å². The van der Waals surface area contributed by atoms with Gasteiger partial charge in [-0.15, -0.1) is 0 Å². The Morgan fingerprint density at radius 2 is 1.65 bits per heavy atom. The van der Waals surface area contributed by atoms with E-state index in [0.29, 0.717) is 5.69 Å². The molecule has 2 aromatic carbocycles. The zero-order valence-electron chi connectivity index (χ0n) is 8.91. The molecule has 0 atom stereocenters. The van der Waals surface area contributed by atoms with Gasteiger partial charge < -0.3 is 5.11 Å². The topological polar surface area (TPSA) is 68.7 Å². The van der Waals surface area contributed by atoms with Crippen LogP contribution in [0.25, 0.3) is 0 Å². The molecule has 0 bridgehead atoms. The normalized spacial score (nSPS) is 10.3. The number of nitriles is 1. The molecular weight excluding hydrogens is 214 g/mol. The zero-order valence-corrected chi connectivity index (χ0v) is 8.91. The summed E-state index contributed by atoms with van der Waals surface area (Å²) in [5.74, 6) is -0.0499. The summed E-state index contributed by atoms with van der Waals surface area (Å²) in [5, 5.41) is 26.1. The Labute approximate surface area is 98.5 Å². The molecule has 82 valence electrons. The minimum Gasteiger partial charge on any atom is -0.507 e. The number of nitrogens with zero attached hydrogens (tertiary/aromatic N) is 3. The predicted octanol–water partition coefficient (Wildman–Crippen LogP) is 3.68. The molecule has 4 nitrogen and oxygen atoms in total. The molecule has 0 heterocycles. The Bertz CT molecular complexity index is 585. The van der Waals surface area contributed by atoms with E-state index >= 15 is 0 Å². The van der Waals surface area contributed by atoms with Gasteiger partial charge in [0, 0.05) is 0 Å². The second-order valence-electron chi connectivity index (χ2n) is 3.35. The summed E-state index contributed by atoms with van der Waals surface area (Å²) in [6.07, 6.45) is 0. The number of aromatic hydroxyl groups is 1. The van der Waals surface area contributed by atoms with Gasteiger partial charge in [0.05, 0.1) is 16.9 Å². The fourth-order valence-corrected chi connectivity index (χ4v) is 1.29. The lowest BCUT2D eigenvalue weighted by Gasteiger charge is -1.96. The minimum absolute atomic E-state index is 0.0499. The van der Waals surface area contributed by atoms with Crippen molar-refractivity contribution >= 4 is 11.4 Å². The van der Waals surface area contributed by atoms with Crippen LogP contribution in [0.3, 0.4) is 0 Å². The van der Waals surface area contributed by atoms with Crippen LogP contribution in [0.2, 0.25) is 0 Å². The van der Waals surface area contributed by atoms with Crippen molar-refractivity contribution in [1.82, 2.24) is 0 Å². The average Bonchev–Trinajstić information content (AvgIpc) is 2.39. The van der Waals surface area contributed by atoms with Crippen LogP contribution in [-0.4, -0.2) is 5.11 Å². The first-order chi connectivity index (χ1) is 8.29. The number of phenols is 1. The number of phenolic OH excluding ortho intramolecular Hbond substituents is 1. The van der Waals surface area contributed by atoms with Gasteiger partial charge in [-0.3, -0.25) is 0 Å². The van der Waals surface area contributed by atoms with Crippen LogP contribution in [0, 0.1) is 11.3 Å².